The second kappa shape index (κ2) is 5.85. The molecule has 0 unspecified atom stereocenters. The van der Waals surface area contributed by atoms with Gasteiger partial charge in [0.25, 0.3) is 0 Å². The summed E-state index contributed by atoms with van der Waals surface area (Å²) in [5.74, 6) is 0.482. The van der Waals surface area contributed by atoms with E-state index in [1.165, 1.54) is 24.8 Å². The molecule has 1 fully saturated rings. The molecule has 1 aliphatic rings. The lowest BCUT2D eigenvalue weighted by atomic mass is 9.88. The van der Waals surface area contributed by atoms with Crippen LogP contribution in [0.1, 0.15) is 50.6 Å². The third-order valence-corrected chi connectivity index (χ3v) is 3.63. The molecule has 0 aliphatic heterocycles. The summed E-state index contributed by atoms with van der Waals surface area (Å²) in [6.45, 7) is 2.05. The number of amides is 1. The highest BCUT2D eigenvalue weighted by molar-refractivity contribution is 5.79. The van der Waals surface area contributed by atoms with Crippen molar-refractivity contribution in [1.82, 2.24) is 5.32 Å². The van der Waals surface area contributed by atoms with Gasteiger partial charge in [-0.1, -0.05) is 49.6 Å². The van der Waals surface area contributed by atoms with Crippen LogP contribution in [-0.4, -0.2) is 5.91 Å². The van der Waals surface area contributed by atoms with E-state index in [-0.39, 0.29) is 17.9 Å². The van der Waals surface area contributed by atoms with Crippen LogP contribution >= 0.6 is 0 Å². The van der Waals surface area contributed by atoms with Gasteiger partial charge in [-0.25, -0.2) is 0 Å². The van der Waals surface area contributed by atoms with Gasteiger partial charge in [0.1, 0.15) is 0 Å². The van der Waals surface area contributed by atoms with Crippen LogP contribution in [0.3, 0.4) is 0 Å². The summed E-state index contributed by atoms with van der Waals surface area (Å²) in [5.41, 5.74) is 1.18. The molecule has 2 rings (SSSR count). The summed E-state index contributed by atoms with van der Waals surface area (Å²) in [6, 6.07) is 10.3. The average Bonchev–Trinajstić information content (AvgIpc) is 2.40. The molecule has 0 aromatic heterocycles. The number of hydrogen-bond donors (Lipinski definition) is 1. The summed E-state index contributed by atoms with van der Waals surface area (Å²) < 4.78 is 0. The van der Waals surface area contributed by atoms with Crippen LogP contribution in [0.25, 0.3) is 0 Å². The molecular formula is C15H21NO. The Morgan fingerprint density at radius 1 is 1.18 bits per heavy atom. The largest absolute Gasteiger partial charge is 0.349 e. The third-order valence-electron chi connectivity index (χ3n) is 3.63. The van der Waals surface area contributed by atoms with Crippen molar-refractivity contribution in [2.24, 2.45) is 5.92 Å². The van der Waals surface area contributed by atoms with Crippen LogP contribution in [0, 0.1) is 5.92 Å². The predicted molar refractivity (Wildman–Crippen MR) is 69.6 cm³/mol. The second-order valence-corrected chi connectivity index (χ2v) is 4.98. The lowest BCUT2D eigenvalue weighted by molar-refractivity contribution is -0.126. The highest BCUT2D eigenvalue weighted by atomic mass is 16.1. The second-order valence-electron chi connectivity index (χ2n) is 4.98. The van der Waals surface area contributed by atoms with Gasteiger partial charge >= 0.3 is 0 Å². The normalized spacial score (nSPS) is 18.6. The lowest BCUT2D eigenvalue weighted by Gasteiger charge is -2.23. The van der Waals surface area contributed by atoms with E-state index < -0.39 is 0 Å². The van der Waals surface area contributed by atoms with Crippen LogP contribution in [-0.2, 0) is 4.79 Å². The lowest BCUT2D eigenvalue weighted by Crippen LogP contribution is -2.33. The molecule has 1 N–H and O–H groups in total. The van der Waals surface area contributed by atoms with E-state index in [2.05, 4.69) is 24.4 Å². The Hall–Kier alpha value is -1.31. The fourth-order valence-corrected chi connectivity index (χ4v) is 2.52. The Balaban J connectivity index is 1.89. The first-order valence-corrected chi connectivity index (χ1v) is 6.62. The summed E-state index contributed by atoms with van der Waals surface area (Å²) in [5, 5.41) is 3.13. The monoisotopic (exact) mass is 231 g/mol. The van der Waals surface area contributed by atoms with Crippen molar-refractivity contribution in [3.05, 3.63) is 35.9 Å². The number of carbonyl (C=O) groups excluding carboxylic acids is 1. The van der Waals surface area contributed by atoms with Crippen molar-refractivity contribution >= 4 is 5.91 Å². The minimum absolute atomic E-state index is 0.116. The Kier molecular flexibility index (Phi) is 4.18. The van der Waals surface area contributed by atoms with Crippen LogP contribution in [0.15, 0.2) is 30.3 Å². The van der Waals surface area contributed by atoms with E-state index in [0.29, 0.717) is 0 Å². The van der Waals surface area contributed by atoms with Gasteiger partial charge in [0.15, 0.2) is 0 Å². The van der Waals surface area contributed by atoms with Gasteiger partial charge < -0.3 is 5.32 Å². The minimum atomic E-state index is 0.116. The molecule has 92 valence electrons. The van der Waals surface area contributed by atoms with Crippen molar-refractivity contribution in [2.45, 2.75) is 45.1 Å². The zero-order valence-electron chi connectivity index (χ0n) is 10.5. The molecule has 0 saturated heterocycles. The van der Waals surface area contributed by atoms with E-state index in [4.69, 9.17) is 0 Å². The molecule has 2 heteroatoms. The van der Waals surface area contributed by atoms with E-state index in [9.17, 15) is 4.79 Å². The van der Waals surface area contributed by atoms with E-state index in [1.54, 1.807) is 0 Å². The number of carbonyl (C=O) groups is 1. The molecule has 2 nitrogen and oxygen atoms in total. The number of rotatable bonds is 3. The molecule has 0 bridgehead atoms. The Labute approximate surface area is 103 Å². The molecule has 1 aliphatic carbocycles. The highest BCUT2D eigenvalue weighted by Gasteiger charge is 2.22. The molecule has 1 aromatic carbocycles. The Bertz CT molecular complexity index is 354. The van der Waals surface area contributed by atoms with Crippen molar-refractivity contribution in [3.63, 3.8) is 0 Å². The fourth-order valence-electron chi connectivity index (χ4n) is 2.52. The first kappa shape index (κ1) is 12.2. The van der Waals surface area contributed by atoms with Crippen molar-refractivity contribution in [2.75, 3.05) is 0 Å². The topological polar surface area (TPSA) is 29.1 Å². The van der Waals surface area contributed by atoms with Crippen LogP contribution in [0.4, 0.5) is 0 Å². The molecule has 1 amide bonds. The SMILES string of the molecule is C[C@H](NC(=O)C1CCCCC1)c1ccccc1. The smallest absolute Gasteiger partial charge is 0.223 e. The molecular weight excluding hydrogens is 210 g/mol. The maximum Gasteiger partial charge on any atom is 0.223 e. The predicted octanol–water partition coefficient (Wildman–Crippen LogP) is 3.44. The van der Waals surface area contributed by atoms with E-state index in [1.807, 2.05) is 18.2 Å². The van der Waals surface area contributed by atoms with Crippen molar-refractivity contribution in [1.29, 1.82) is 0 Å². The van der Waals surface area contributed by atoms with Gasteiger partial charge in [0.05, 0.1) is 6.04 Å². The van der Waals surface area contributed by atoms with Gasteiger partial charge in [0.2, 0.25) is 5.91 Å². The summed E-state index contributed by atoms with van der Waals surface area (Å²) in [4.78, 5) is 12.1. The minimum Gasteiger partial charge on any atom is -0.349 e. The standard InChI is InChI=1S/C15H21NO/c1-12(13-8-4-2-5-9-13)16-15(17)14-10-6-3-7-11-14/h2,4-5,8-9,12,14H,3,6-7,10-11H2,1H3,(H,16,17)/t12-/m0/s1. The Morgan fingerprint density at radius 3 is 2.47 bits per heavy atom. The van der Waals surface area contributed by atoms with Crippen LogP contribution in [0.2, 0.25) is 0 Å². The zero-order valence-corrected chi connectivity index (χ0v) is 10.5. The Morgan fingerprint density at radius 2 is 1.82 bits per heavy atom. The summed E-state index contributed by atoms with van der Waals surface area (Å²) in [7, 11) is 0. The first-order chi connectivity index (χ1) is 8.27. The summed E-state index contributed by atoms with van der Waals surface area (Å²) in [6.07, 6.45) is 5.83. The van der Waals surface area contributed by atoms with Crippen LogP contribution < -0.4 is 5.32 Å². The van der Waals surface area contributed by atoms with Gasteiger partial charge in [-0.3, -0.25) is 4.79 Å². The highest BCUT2D eigenvalue weighted by Crippen LogP contribution is 2.24. The molecule has 0 spiro atoms. The van der Waals surface area contributed by atoms with Gasteiger partial charge in [-0.15, -0.1) is 0 Å². The third kappa shape index (κ3) is 3.32. The van der Waals surface area contributed by atoms with Crippen LogP contribution in [0.5, 0.6) is 0 Å². The zero-order chi connectivity index (χ0) is 12.1. The molecule has 0 heterocycles. The molecule has 1 aromatic rings. The number of nitrogens with one attached hydrogen (secondary N) is 1. The fraction of sp³-hybridized carbons (Fsp3) is 0.533. The van der Waals surface area contributed by atoms with E-state index >= 15 is 0 Å². The maximum atomic E-state index is 12.1. The summed E-state index contributed by atoms with van der Waals surface area (Å²) >= 11 is 0. The van der Waals surface area contributed by atoms with Crippen molar-refractivity contribution < 1.29 is 4.79 Å². The van der Waals surface area contributed by atoms with Crippen molar-refractivity contribution in [3.8, 4) is 0 Å². The molecule has 1 saturated carbocycles. The maximum absolute atomic E-state index is 12.1. The average molecular weight is 231 g/mol. The number of benzene rings is 1. The number of hydrogen-bond acceptors (Lipinski definition) is 1. The molecule has 1 atom stereocenters. The van der Waals surface area contributed by atoms with Gasteiger partial charge in [-0.05, 0) is 25.3 Å². The van der Waals surface area contributed by atoms with E-state index in [0.717, 1.165) is 12.8 Å². The molecule has 17 heavy (non-hydrogen) atoms. The van der Waals surface area contributed by atoms with Gasteiger partial charge in [-0.2, -0.15) is 0 Å². The van der Waals surface area contributed by atoms with Gasteiger partial charge in [0, 0.05) is 5.92 Å². The molecule has 0 radical (unpaired) electrons. The first-order valence-electron chi connectivity index (χ1n) is 6.62. The quantitative estimate of drug-likeness (QED) is 0.848.